The third-order valence-electron chi connectivity index (χ3n) is 3.87. The molecule has 0 saturated carbocycles. The van der Waals surface area contributed by atoms with Crippen molar-refractivity contribution in [2.45, 2.75) is 24.3 Å². The molecular formula is C19H19ClN4OS. The average molecular weight is 387 g/mol. The number of aromatic nitrogens is 3. The summed E-state index contributed by atoms with van der Waals surface area (Å²) < 4.78 is 1.88. The quantitative estimate of drug-likeness (QED) is 0.653. The fraction of sp³-hybridized carbons (Fsp3) is 0.211. The van der Waals surface area contributed by atoms with Gasteiger partial charge in [-0.1, -0.05) is 35.5 Å². The minimum atomic E-state index is -0.309. The summed E-state index contributed by atoms with van der Waals surface area (Å²) >= 11 is 7.30. The zero-order valence-corrected chi connectivity index (χ0v) is 16.3. The van der Waals surface area contributed by atoms with Gasteiger partial charge in [-0.2, -0.15) is 0 Å². The molecule has 134 valence electrons. The Morgan fingerprint density at radius 2 is 1.92 bits per heavy atom. The van der Waals surface area contributed by atoms with Crippen LogP contribution in [0.15, 0.2) is 53.7 Å². The van der Waals surface area contributed by atoms with Crippen LogP contribution < -0.4 is 5.32 Å². The molecule has 0 aliphatic carbocycles. The standard InChI is InChI=1S/C19H19ClN4OS/c1-12-5-4-6-16(11-12)21-18(25)13(2)26-19-23-22-17(24(19)3)14-7-9-15(20)10-8-14/h4-11,13H,1-3H3,(H,21,25)/t13-/m1/s1. The molecule has 3 rings (SSSR count). The Hall–Kier alpha value is -2.31. The largest absolute Gasteiger partial charge is 0.325 e. The van der Waals surface area contributed by atoms with Crippen LogP contribution in [-0.4, -0.2) is 25.9 Å². The number of carbonyl (C=O) groups is 1. The van der Waals surface area contributed by atoms with Gasteiger partial charge in [0.1, 0.15) is 0 Å². The third-order valence-corrected chi connectivity index (χ3v) is 5.26. The molecule has 5 nitrogen and oxygen atoms in total. The molecule has 0 bridgehead atoms. The summed E-state index contributed by atoms with van der Waals surface area (Å²) in [4.78, 5) is 12.4. The predicted molar refractivity (Wildman–Crippen MR) is 107 cm³/mol. The summed E-state index contributed by atoms with van der Waals surface area (Å²) in [6, 6.07) is 15.2. The van der Waals surface area contributed by atoms with Crippen molar-refractivity contribution in [3.05, 3.63) is 59.1 Å². The summed E-state index contributed by atoms with van der Waals surface area (Å²) in [7, 11) is 1.89. The molecule has 1 aromatic heterocycles. The van der Waals surface area contributed by atoms with Crippen LogP contribution in [-0.2, 0) is 11.8 Å². The van der Waals surface area contributed by atoms with Crippen molar-refractivity contribution < 1.29 is 4.79 Å². The summed E-state index contributed by atoms with van der Waals surface area (Å²) in [5.41, 5.74) is 2.82. The molecule has 0 fully saturated rings. The first kappa shape index (κ1) is 18.5. The number of amides is 1. The Morgan fingerprint density at radius 3 is 2.62 bits per heavy atom. The van der Waals surface area contributed by atoms with Crippen molar-refractivity contribution in [3.63, 3.8) is 0 Å². The molecule has 0 aliphatic rings. The molecule has 1 amide bonds. The van der Waals surface area contributed by atoms with Gasteiger partial charge in [-0.25, -0.2) is 0 Å². The van der Waals surface area contributed by atoms with Crippen LogP contribution in [0.2, 0.25) is 5.02 Å². The van der Waals surface area contributed by atoms with E-state index in [1.54, 1.807) is 0 Å². The lowest BCUT2D eigenvalue weighted by molar-refractivity contribution is -0.115. The minimum absolute atomic E-state index is 0.0726. The monoisotopic (exact) mass is 386 g/mol. The van der Waals surface area contributed by atoms with Crippen LogP contribution in [0, 0.1) is 6.92 Å². The first-order chi connectivity index (χ1) is 12.4. The number of halogens is 1. The molecule has 3 aromatic rings. The SMILES string of the molecule is Cc1cccc(NC(=O)[C@@H](C)Sc2nnc(-c3ccc(Cl)cc3)n2C)c1. The van der Waals surface area contributed by atoms with Gasteiger partial charge in [0.2, 0.25) is 5.91 Å². The van der Waals surface area contributed by atoms with E-state index in [0.29, 0.717) is 10.2 Å². The number of nitrogens with zero attached hydrogens (tertiary/aromatic N) is 3. The van der Waals surface area contributed by atoms with Gasteiger partial charge < -0.3 is 9.88 Å². The first-order valence-corrected chi connectivity index (χ1v) is 9.39. The van der Waals surface area contributed by atoms with E-state index in [2.05, 4.69) is 15.5 Å². The fourth-order valence-corrected chi connectivity index (χ4v) is 3.39. The van der Waals surface area contributed by atoms with Crippen molar-refractivity contribution in [3.8, 4) is 11.4 Å². The van der Waals surface area contributed by atoms with E-state index >= 15 is 0 Å². The molecule has 0 radical (unpaired) electrons. The molecule has 0 spiro atoms. The highest BCUT2D eigenvalue weighted by Crippen LogP contribution is 2.27. The van der Waals surface area contributed by atoms with Crippen molar-refractivity contribution in [1.82, 2.24) is 14.8 Å². The lowest BCUT2D eigenvalue weighted by Crippen LogP contribution is -2.22. The summed E-state index contributed by atoms with van der Waals surface area (Å²) in [6.45, 7) is 3.85. The molecule has 1 heterocycles. The molecule has 1 N–H and O–H groups in total. The maximum atomic E-state index is 12.4. The average Bonchev–Trinajstić information content (AvgIpc) is 2.96. The normalized spacial score (nSPS) is 12.0. The van der Waals surface area contributed by atoms with Crippen molar-refractivity contribution >= 4 is 35.0 Å². The zero-order chi connectivity index (χ0) is 18.7. The number of carbonyl (C=O) groups excluding carboxylic acids is 1. The smallest absolute Gasteiger partial charge is 0.237 e. The molecule has 2 aromatic carbocycles. The molecule has 0 saturated heterocycles. The molecular weight excluding hydrogens is 368 g/mol. The number of hydrogen-bond acceptors (Lipinski definition) is 4. The van der Waals surface area contributed by atoms with E-state index in [4.69, 9.17) is 11.6 Å². The summed E-state index contributed by atoms with van der Waals surface area (Å²) in [6.07, 6.45) is 0. The number of hydrogen-bond donors (Lipinski definition) is 1. The lowest BCUT2D eigenvalue weighted by Gasteiger charge is -2.12. The molecule has 0 unspecified atom stereocenters. The Kier molecular flexibility index (Phi) is 5.64. The van der Waals surface area contributed by atoms with Crippen LogP contribution >= 0.6 is 23.4 Å². The number of rotatable bonds is 5. The molecule has 0 aliphatic heterocycles. The Balaban J connectivity index is 1.70. The van der Waals surface area contributed by atoms with Crippen LogP contribution in [0.1, 0.15) is 12.5 Å². The van der Waals surface area contributed by atoms with E-state index in [0.717, 1.165) is 22.6 Å². The maximum absolute atomic E-state index is 12.4. The van der Waals surface area contributed by atoms with Gasteiger partial charge in [-0.15, -0.1) is 10.2 Å². The number of anilines is 1. The van der Waals surface area contributed by atoms with E-state index in [1.807, 2.05) is 74.0 Å². The second kappa shape index (κ2) is 7.93. The minimum Gasteiger partial charge on any atom is -0.325 e. The van der Waals surface area contributed by atoms with E-state index in [9.17, 15) is 4.79 Å². The van der Waals surface area contributed by atoms with Gasteiger partial charge in [-0.05, 0) is 55.8 Å². The number of benzene rings is 2. The van der Waals surface area contributed by atoms with Gasteiger partial charge in [0, 0.05) is 23.3 Å². The van der Waals surface area contributed by atoms with Crippen molar-refractivity contribution in [2.75, 3.05) is 5.32 Å². The summed E-state index contributed by atoms with van der Waals surface area (Å²) in [5.74, 6) is 0.659. The number of aryl methyl sites for hydroxylation is 1. The van der Waals surface area contributed by atoms with Crippen LogP contribution in [0.25, 0.3) is 11.4 Å². The second-order valence-corrected chi connectivity index (χ2v) is 7.74. The van der Waals surface area contributed by atoms with Gasteiger partial charge in [-0.3, -0.25) is 4.79 Å². The van der Waals surface area contributed by atoms with Gasteiger partial charge in [0.25, 0.3) is 0 Å². The highest BCUT2D eigenvalue weighted by atomic mass is 35.5. The van der Waals surface area contributed by atoms with Crippen LogP contribution in [0.3, 0.4) is 0 Å². The lowest BCUT2D eigenvalue weighted by atomic mass is 10.2. The summed E-state index contributed by atoms with van der Waals surface area (Å²) in [5, 5.41) is 12.4. The van der Waals surface area contributed by atoms with E-state index in [1.165, 1.54) is 11.8 Å². The van der Waals surface area contributed by atoms with Crippen molar-refractivity contribution in [1.29, 1.82) is 0 Å². The van der Waals surface area contributed by atoms with Crippen molar-refractivity contribution in [2.24, 2.45) is 7.05 Å². The number of thioether (sulfide) groups is 1. The van der Waals surface area contributed by atoms with E-state index < -0.39 is 0 Å². The molecule has 7 heteroatoms. The van der Waals surface area contributed by atoms with Gasteiger partial charge in [0.05, 0.1) is 5.25 Å². The van der Waals surface area contributed by atoms with Crippen LogP contribution in [0.4, 0.5) is 5.69 Å². The Labute approximate surface area is 161 Å². The fourth-order valence-electron chi connectivity index (χ4n) is 2.45. The highest BCUT2D eigenvalue weighted by molar-refractivity contribution is 8.00. The van der Waals surface area contributed by atoms with Crippen LogP contribution in [0.5, 0.6) is 0 Å². The number of nitrogens with one attached hydrogen (secondary N) is 1. The van der Waals surface area contributed by atoms with Gasteiger partial charge >= 0.3 is 0 Å². The maximum Gasteiger partial charge on any atom is 0.237 e. The Bertz CT molecular complexity index is 924. The highest BCUT2D eigenvalue weighted by Gasteiger charge is 2.19. The molecule has 26 heavy (non-hydrogen) atoms. The zero-order valence-electron chi connectivity index (χ0n) is 14.7. The Morgan fingerprint density at radius 1 is 1.19 bits per heavy atom. The topological polar surface area (TPSA) is 59.8 Å². The predicted octanol–water partition coefficient (Wildman–Crippen LogP) is 4.56. The van der Waals surface area contributed by atoms with Gasteiger partial charge in [0.15, 0.2) is 11.0 Å². The molecule has 1 atom stereocenters. The first-order valence-electron chi connectivity index (χ1n) is 8.13. The van der Waals surface area contributed by atoms with E-state index in [-0.39, 0.29) is 11.2 Å². The third kappa shape index (κ3) is 4.26. The second-order valence-electron chi connectivity index (χ2n) is 5.99.